The van der Waals surface area contributed by atoms with Crippen LogP contribution in [0.4, 0.5) is 0 Å². The van der Waals surface area contributed by atoms with E-state index in [0.717, 1.165) is 13.0 Å². The molecule has 2 aromatic rings. The van der Waals surface area contributed by atoms with E-state index in [2.05, 4.69) is 74.6 Å². The van der Waals surface area contributed by atoms with Gasteiger partial charge in [-0.05, 0) is 41.1 Å². The van der Waals surface area contributed by atoms with Gasteiger partial charge in [-0.25, -0.2) is 0 Å². The van der Waals surface area contributed by atoms with Crippen LogP contribution in [-0.2, 0) is 12.0 Å². The molecule has 1 heteroatoms. The van der Waals surface area contributed by atoms with Crippen LogP contribution in [0.3, 0.4) is 0 Å². The Hall–Kier alpha value is -1.60. The molecule has 0 fully saturated rings. The lowest BCUT2D eigenvalue weighted by Gasteiger charge is -2.24. The van der Waals surface area contributed by atoms with Gasteiger partial charge in [0.05, 0.1) is 0 Å². The topological polar surface area (TPSA) is 12.0 Å². The van der Waals surface area contributed by atoms with Gasteiger partial charge in [-0.1, -0.05) is 69.3 Å². The van der Waals surface area contributed by atoms with Gasteiger partial charge in [0, 0.05) is 6.54 Å². The molecule has 0 amide bonds. The van der Waals surface area contributed by atoms with Gasteiger partial charge < -0.3 is 5.32 Å². The SMILES string of the molecule is CCC(C)(C)c1cccc(-c2ccccc2CNC)c1. The lowest BCUT2D eigenvalue weighted by molar-refractivity contribution is 0.506. The molecule has 0 aliphatic rings. The fourth-order valence-electron chi connectivity index (χ4n) is 2.46. The monoisotopic (exact) mass is 267 g/mol. The van der Waals surface area contributed by atoms with Crippen LogP contribution in [0.15, 0.2) is 48.5 Å². The van der Waals surface area contributed by atoms with Crippen molar-refractivity contribution in [1.29, 1.82) is 0 Å². The maximum absolute atomic E-state index is 3.25. The van der Waals surface area contributed by atoms with Gasteiger partial charge in [0.25, 0.3) is 0 Å². The molecule has 106 valence electrons. The summed E-state index contributed by atoms with van der Waals surface area (Å²) in [4.78, 5) is 0. The summed E-state index contributed by atoms with van der Waals surface area (Å²) >= 11 is 0. The van der Waals surface area contributed by atoms with Crippen molar-refractivity contribution in [2.24, 2.45) is 0 Å². The van der Waals surface area contributed by atoms with Crippen molar-refractivity contribution >= 4 is 0 Å². The predicted molar refractivity (Wildman–Crippen MR) is 88.0 cm³/mol. The Balaban J connectivity index is 2.46. The van der Waals surface area contributed by atoms with Crippen LogP contribution in [0.2, 0.25) is 0 Å². The maximum Gasteiger partial charge on any atom is 0.0208 e. The molecule has 0 spiro atoms. The third-order valence-corrected chi connectivity index (χ3v) is 4.22. The first-order valence-electron chi connectivity index (χ1n) is 7.42. The summed E-state index contributed by atoms with van der Waals surface area (Å²) in [6.45, 7) is 7.77. The molecule has 0 saturated heterocycles. The van der Waals surface area contributed by atoms with Crippen molar-refractivity contribution in [2.75, 3.05) is 7.05 Å². The molecule has 0 saturated carbocycles. The van der Waals surface area contributed by atoms with Crippen molar-refractivity contribution in [3.8, 4) is 11.1 Å². The van der Waals surface area contributed by atoms with Gasteiger partial charge in [0.2, 0.25) is 0 Å². The van der Waals surface area contributed by atoms with Gasteiger partial charge in [0.1, 0.15) is 0 Å². The molecular weight excluding hydrogens is 242 g/mol. The van der Waals surface area contributed by atoms with Crippen LogP contribution in [0.5, 0.6) is 0 Å². The number of benzene rings is 2. The van der Waals surface area contributed by atoms with E-state index >= 15 is 0 Å². The lowest BCUT2D eigenvalue weighted by atomic mass is 9.81. The zero-order valence-electron chi connectivity index (χ0n) is 13.0. The fraction of sp³-hybridized carbons (Fsp3) is 0.368. The van der Waals surface area contributed by atoms with Crippen LogP contribution in [-0.4, -0.2) is 7.05 Å². The van der Waals surface area contributed by atoms with E-state index in [9.17, 15) is 0 Å². The molecule has 0 radical (unpaired) electrons. The first-order valence-corrected chi connectivity index (χ1v) is 7.42. The fourth-order valence-corrected chi connectivity index (χ4v) is 2.46. The highest BCUT2D eigenvalue weighted by Gasteiger charge is 2.18. The summed E-state index contributed by atoms with van der Waals surface area (Å²) in [5, 5.41) is 3.25. The van der Waals surface area contributed by atoms with E-state index in [-0.39, 0.29) is 5.41 Å². The van der Waals surface area contributed by atoms with E-state index in [1.54, 1.807) is 0 Å². The summed E-state index contributed by atoms with van der Waals surface area (Å²) in [5.74, 6) is 0. The summed E-state index contributed by atoms with van der Waals surface area (Å²) in [5.41, 5.74) is 5.64. The van der Waals surface area contributed by atoms with Crippen LogP contribution in [0.25, 0.3) is 11.1 Å². The second-order valence-corrected chi connectivity index (χ2v) is 6.01. The Bertz CT molecular complexity index is 569. The van der Waals surface area contributed by atoms with Crippen molar-refractivity contribution < 1.29 is 0 Å². The minimum atomic E-state index is 0.230. The molecule has 1 N–H and O–H groups in total. The number of hydrogen-bond donors (Lipinski definition) is 1. The number of rotatable bonds is 5. The molecule has 0 aliphatic heterocycles. The van der Waals surface area contributed by atoms with Crippen LogP contribution >= 0.6 is 0 Å². The van der Waals surface area contributed by atoms with Crippen LogP contribution in [0.1, 0.15) is 38.3 Å². The average Bonchev–Trinajstić information content (AvgIpc) is 2.48. The Morgan fingerprint density at radius 2 is 1.75 bits per heavy atom. The average molecular weight is 267 g/mol. The molecule has 1 nitrogen and oxygen atoms in total. The molecule has 0 aromatic heterocycles. The zero-order valence-corrected chi connectivity index (χ0v) is 13.0. The predicted octanol–water partition coefficient (Wildman–Crippen LogP) is 4.76. The molecule has 0 heterocycles. The van der Waals surface area contributed by atoms with E-state index in [1.165, 1.54) is 22.3 Å². The first kappa shape index (κ1) is 14.8. The minimum Gasteiger partial charge on any atom is -0.316 e. The molecule has 2 aromatic carbocycles. The molecule has 0 aliphatic carbocycles. The highest BCUT2D eigenvalue weighted by atomic mass is 14.8. The normalized spacial score (nSPS) is 11.6. The quantitative estimate of drug-likeness (QED) is 0.823. The summed E-state index contributed by atoms with van der Waals surface area (Å²) in [7, 11) is 1.99. The van der Waals surface area contributed by atoms with Gasteiger partial charge >= 0.3 is 0 Å². The Kier molecular flexibility index (Phi) is 4.61. The molecule has 0 atom stereocenters. The number of hydrogen-bond acceptors (Lipinski definition) is 1. The minimum absolute atomic E-state index is 0.230. The summed E-state index contributed by atoms with van der Waals surface area (Å²) < 4.78 is 0. The first-order chi connectivity index (χ1) is 9.58. The Morgan fingerprint density at radius 3 is 2.45 bits per heavy atom. The molecular formula is C19H25N. The van der Waals surface area contributed by atoms with E-state index in [4.69, 9.17) is 0 Å². The lowest BCUT2D eigenvalue weighted by Crippen LogP contribution is -2.15. The summed E-state index contributed by atoms with van der Waals surface area (Å²) in [6, 6.07) is 17.6. The van der Waals surface area contributed by atoms with Crippen molar-refractivity contribution in [3.63, 3.8) is 0 Å². The zero-order chi connectivity index (χ0) is 14.6. The highest BCUT2D eigenvalue weighted by molar-refractivity contribution is 5.68. The molecule has 20 heavy (non-hydrogen) atoms. The van der Waals surface area contributed by atoms with Crippen molar-refractivity contribution in [3.05, 3.63) is 59.7 Å². The second-order valence-electron chi connectivity index (χ2n) is 6.01. The number of nitrogens with one attached hydrogen (secondary N) is 1. The Labute approximate surface area is 123 Å². The smallest absolute Gasteiger partial charge is 0.0208 e. The van der Waals surface area contributed by atoms with E-state index in [1.807, 2.05) is 7.05 Å². The second kappa shape index (κ2) is 6.23. The third kappa shape index (κ3) is 3.10. The van der Waals surface area contributed by atoms with E-state index in [0.29, 0.717) is 0 Å². The maximum atomic E-state index is 3.25. The van der Waals surface area contributed by atoms with Crippen LogP contribution < -0.4 is 5.32 Å². The van der Waals surface area contributed by atoms with Crippen molar-refractivity contribution in [1.82, 2.24) is 5.32 Å². The largest absolute Gasteiger partial charge is 0.316 e. The molecule has 0 unspecified atom stereocenters. The standard InChI is InChI=1S/C19H25N/c1-5-19(2,3)17-11-8-10-15(13-17)18-12-7-6-9-16(18)14-20-4/h6-13,20H,5,14H2,1-4H3. The van der Waals surface area contributed by atoms with Gasteiger partial charge in [-0.15, -0.1) is 0 Å². The van der Waals surface area contributed by atoms with Crippen LogP contribution in [0, 0.1) is 0 Å². The molecule has 2 rings (SSSR count). The molecule has 0 bridgehead atoms. The van der Waals surface area contributed by atoms with Gasteiger partial charge in [0.15, 0.2) is 0 Å². The Morgan fingerprint density at radius 1 is 1.00 bits per heavy atom. The summed E-state index contributed by atoms with van der Waals surface area (Å²) in [6.07, 6.45) is 1.15. The van der Waals surface area contributed by atoms with E-state index < -0.39 is 0 Å². The third-order valence-electron chi connectivity index (χ3n) is 4.22. The van der Waals surface area contributed by atoms with Crippen molar-refractivity contribution in [2.45, 2.75) is 39.2 Å². The van der Waals surface area contributed by atoms with Gasteiger partial charge in [-0.3, -0.25) is 0 Å². The van der Waals surface area contributed by atoms with Gasteiger partial charge in [-0.2, -0.15) is 0 Å². The highest BCUT2D eigenvalue weighted by Crippen LogP contribution is 2.31.